The topological polar surface area (TPSA) is 98.1 Å². The Bertz CT molecular complexity index is 1150. The predicted octanol–water partition coefficient (Wildman–Crippen LogP) is 2.72. The molecule has 0 saturated heterocycles. The van der Waals surface area contributed by atoms with Gasteiger partial charge >= 0.3 is 0 Å². The summed E-state index contributed by atoms with van der Waals surface area (Å²) in [7, 11) is 0. The molecule has 2 heterocycles. The van der Waals surface area contributed by atoms with Crippen LogP contribution >= 0.6 is 0 Å². The summed E-state index contributed by atoms with van der Waals surface area (Å²) in [6.45, 7) is -0.588. The van der Waals surface area contributed by atoms with Crippen molar-refractivity contribution in [3.8, 4) is 11.5 Å². The van der Waals surface area contributed by atoms with Gasteiger partial charge in [0.1, 0.15) is 29.6 Å². The lowest BCUT2D eigenvalue weighted by Crippen LogP contribution is -2.45. The first kappa shape index (κ1) is 21.1. The highest BCUT2D eigenvalue weighted by Crippen LogP contribution is 2.33. The minimum Gasteiger partial charge on any atom is -0.485 e. The Morgan fingerprint density at radius 2 is 2.00 bits per heavy atom. The van der Waals surface area contributed by atoms with Crippen molar-refractivity contribution < 1.29 is 32.7 Å². The number of anilines is 1. The average molecular weight is 438 g/mol. The van der Waals surface area contributed by atoms with Crippen molar-refractivity contribution in [2.75, 3.05) is 24.7 Å². The SMILES string of the molecule is O=C(CN1C(=O)COc2ccc(C(=O)COc3cccc(F)c3)cc21)NCc1ccco1. The van der Waals surface area contributed by atoms with Crippen LogP contribution in [0.25, 0.3) is 0 Å². The number of benzene rings is 2. The van der Waals surface area contributed by atoms with E-state index in [1.165, 1.54) is 35.4 Å². The number of nitrogens with one attached hydrogen (secondary N) is 1. The summed E-state index contributed by atoms with van der Waals surface area (Å²) < 4.78 is 29.2. The maximum Gasteiger partial charge on any atom is 0.265 e. The number of fused-ring (bicyclic) bond motifs is 1. The quantitative estimate of drug-likeness (QED) is 0.543. The van der Waals surface area contributed by atoms with Gasteiger partial charge in [-0.15, -0.1) is 0 Å². The van der Waals surface area contributed by atoms with Gasteiger partial charge in [-0.05, 0) is 42.5 Å². The molecule has 0 spiro atoms. The first-order chi connectivity index (χ1) is 15.5. The van der Waals surface area contributed by atoms with Crippen LogP contribution in [0, 0.1) is 5.82 Å². The number of rotatable bonds is 8. The van der Waals surface area contributed by atoms with Crippen LogP contribution in [0.1, 0.15) is 16.1 Å². The predicted molar refractivity (Wildman–Crippen MR) is 111 cm³/mol. The fourth-order valence-corrected chi connectivity index (χ4v) is 3.14. The fraction of sp³-hybridized carbons (Fsp3) is 0.174. The molecular formula is C23H19FN2O6. The highest BCUT2D eigenvalue weighted by Gasteiger charge is 2.28. The molecule has 0 aliphatic carbocycles. The summed E-state index contributed by atoms with van der Waals surface area (Å²) in [5.74, 6) is -0.466. The molecule has 0 atom stereocenters. The molecule has 1 aromatic heterocycles. The average Bonchev–Trinajstić information content (AvgIpc) is 3.31. The zero-order valence-corrected chi connectivity index (χ0v) is 16.9. The minimum absolute atomic E-state index is 0.188. The Kier molecular flexibility index (Phi) is 6.16. The second kappa shape index (κ2) is 9.34. The zero-order valence-electron chi connectivity index (χ0n) is 16.9. The number of nitrogens with zero attached hydrogens (tertiary/aromatic N) is 1. The maximum absolute atomic E-state index is 13.3. The van der Waals surface area contributed by atoms with Crippen molar-refractivity contribution in [3.63, 3.8) is 0 Å². The first-order valence-electron chi connectivity index (χ1n) is 9.77. The van der Waals surface area contributed by atoms with E-state index in [-0.39, 0.29) is 43.4 Å². The van der Waals surface area contributed by atoms with Gasteiger partial charge in [0.2, 0.25) is 5.91 Å². The number of ether oxygens (including phenoxy) is 2. The lowest BCUT2D eigenvalue weighted by molar-refractivity contribution is -0.125. The second-order valence-corrected chi connectivity index (χ2v) is 6.98. The van der Waals surface area contributed by atoms with Crippen LogP contribution in [0.15, 0.2) is 65.3 Å². The molecule has 164 valence electrons. The first-order valence-corrected chi connectivity index (χ1v) is 9.77. The van der Waals surface area contributed by atoms with Crippen molar-refractivity contribution in [1.82, 2.24) is 5.32 Å². The molecule has 32 heavy (non-hydrogen) atoms. The van der Waals surface area contributed by atoms with Crippen LogP contribution in [0.2, 0.25) is 0 Å². The summed E-state index contributed by atoms with van der Waals surface area (Å²) in [6, 6.07) is 13.5. The molecule has 2 aromatic carbocycles. The molecule has 8 nitrogen and oxygen atoms in total. The van der Waals surface area contributed by atoms with Gasteiger partial charge in [-0.25, -0.2) is 4.39 Å². The number of hydrogen-bond acceptors (Lipinski definition) is 6. The number of furan rings is 1. The van der Waals surface area contributed by atoms with Crippen molar-refractivity contribution in [3.05, 3.63) is 78.0 Å². The Morgan fingerprint density at radius 3 is 2.78 bits per heavy atom. The van der Waals surface area contributed by atoms with Crippen molar-refractivity contribution in [1.29, 1.82) is 0 Å². The van der Waals surface area contributed by atoms with Gasteiger partial charge in [-0.3, -0.25) is 19.3 Å². The van der Waals surface area contributed by atoms with Gasteiger partial charge in [0, 0.05) is 11.6 Å². The monoisotopic (exact) mass is 438 g/mol. The fourth-order valence-electron chi connectivity index (χ4n) is 3.14. The molecule has 0 unspecified atom stereocenters. The molecule has 1 N–H and O–H groups in total. The van der Waals surface area contributed by atoms with Gasteiger partial charge in [0.05, 0.1) is 18.5 Å². The van der Waals surface area contributed by atoms with Crippen LogP contribution in [-0.4, -0.2) is 37.4 Å². The molecule has 3 aromatic rings. The number of Topliss-reactive ketones (excluding diaryl/α,β-unsaturated/α-hetero) is 1. The van der Waals surface area contributed by atoms with Crippen LogP contribution in [0.3, 0.4) is 0 Å². The highest BCUT2D eigenvalue weighted by molar-refractivity contribution is 6.04. The summed E-state index contributed by atoms with van der Waals surface area (Å²) in [5, 5.41) is 2.68. The van der Waals surface area contributed by atoms with Gasteiger partial charge in [-0.2, -0.15) is 0 Å². The third-order valence-electron chi connectivity index (χ3n) is 4.73. The van der Waals surface area contributed by atoms with E-state index in [9.17, 15) is 18.8 Å². The summed E-state index contributed by atoms with van der Waals surface area (Å²) in [4.78, 5) is 38.6. The molecule has 9 heteroatoms. The maximum atomic E-state index is 13.3. The van der Waals surface area contributed by atoms with Gasteiger partial charge in [0.15, 0.2) is 19.0 Å². The van der Waals surface area contributed by atoms with Crippen LogP contribution in [-0.2, 0) is 16.1 Å². The minimum atomic E-state index is -0.472. The summed E-state index contributed by atoms with van der Waals surface area (Å²) in [5.41, 5.74) is 0.574. The van der Waals surface area contributed by atoms with Crippen molar-refractivity contribution >= 4 is 23.3 Å². The summed E-state index contributed by atoms with van der Waals surface area (Å²) in [6.07, 6.45) is 1.50. The Balaban J connectivity index is 1.45. The molecule has 1 aliphatic rings. The Morgan fingerprint density at radius 1 is 1.12 bits per heavy atom. The number of hydrogen-bond donors (Lipinski definition) is 1. The van der Waals surface area contributed by atoms with E-state index >= 15 is 0 Å². The molecule has 1 aliphatic heterocycles. The lowest BCUT2D eigenvalue weighted by Gasteiger charge is -2.29. The van der Waals surface area contributed by atoms with E-state index in [1.807, 2.05) is 0 Å². The van der Waals surface area contributed by atoms with Crippen LogP contribution in [0.5, 0.6) is 11.5 Å². The van der Waals surface area contributed by atoms with Crippen molar-refractivity contribution in [2.45, 2.75) is 6.54 Å². The van der Waals surface area contributed by atoms with E-state index < -0.39 is 17.6 Å². The van der Waals surface area contributed by atoms with E-state index in [2.05, 4.69) is 5.32 Å². The standard InChI is InChI=1S/C23H19FN2O6/c24-16-3-1-4-17(10-16)31-13-20(27)15-6-7-21-19(9-15)26(23(29)14-32-21)12-22(28)25-11-18-5-2-8-30-18/h1-10H,11-14H2,(H,25,28). The van der Waals surface area contributed by atoms with Crippen LogP contribution in [0.4, 0.5) is 10.1 Å². The zero-order chi connectivity index (χ0) is 22.5. The molecule has 2 amide bonds. The van der Waals surface area contributed by atoms with Crippen molar-refractivity contribution in [2.24, 2.45) is 0 Å². The second-order valence-electron chi connectivity index (χ2n) is 6.98. The lowest BCUT2D eigenvalue weighted by atomic mass is 10.1. The number of carbonyl (C=O) groups excluding carboxylic acids is 3. The van der Waals surface area contributed by atoms with Gasteiger partial charge in [-0.1, -0.05) is 6.07 Å². The number of ketones is 1. The number of amides is 2. The number of halogens is 1. The molecular weight excluding hydrogens is 419 g/mol. The molecule has 0 fully saturated rings. The largest absolute Gasteiger partial charge is 0.485 e. The van der Waals surface area contributed by atoms with E-state index in [4.69, 9.17) is 13.9 Å². The third-order valence-corrected chi connectivity index (χ3v) is 4.73. The van der Waals surface area contributed by atoms with E-state index in [0.717, 1.165) is 0 Å². The smallest absolute Gasteiger partial charge is 0.265 e. The highest BCUT2D eigenvalue weighted by atomic mass is 19.1. The molecule has 0 saturated carbocycles. The Labute approximate surface area is 182 Å². The summed E-state index contributed by atoms with van der Waals surface area (Å²) >= 11 is 0. The van der Waals surface area contributed by atoms with Gasteiger partial charge in [0.25, 0.3) is 5.91 Å². The Hall–Kier alpha value is -4.14. The van der Waals surface area contributed by atoms with E-state index in [1.54, 1.807) is 30.3 Å². The van der Waals surface area contributed by atoms with Crippen LogP contribution < -0.4 is 19.7 Å². The number of carbonyl (C=O) groups is 3. The molecule has 4 rings (SSSR count). The molecule has 0 radical (unpaired) electrons. The van der Waals surface area contributed by atoms with Gasteiger partial charge < -0.3 is 19.2 Å². The molecule has 0 bridgehead atoms. The third kappa shape index (κ3) is 4.94. The van der Waals surface area contributed by atoms with E-state index in [0.29, 0.717) is 17.2 Å². The normalized spacial score (nSPS) is 12.7.